The van der Waals surface area contributed by atoms with E-state index in [-0.39, 0.29) is 11.8 Å². The maximum absolute atomic E-state index is 12.3. The number of hydrogen-bond donors (Lipinski definition) is 1. The minimum Gasteiger partial charge on any atom is -0.481 e. The number of carboxylic acids is 1. The fourth-order valence-corrected chi connectivity index (χ4v) is 3.08. The van der Waals surface area contributed by atoms with Crippen molar-refractivity contribution in [3.8, 4) is 0 Å². The number of thiazole rings is 1. The second kappa shape index (κ2) is 4.86. The highest BCUT2D eigenvalue weighted by molar-refractivity contribution is 7.16. The summed E-state index contributed by atoms with van der Waals surface area (Å²) in [5.74, 6) is -1.17. The van der Waals surface area contributed by atoms with Crippen molar-refractivity contribution in [2.24, 2.45) is 11.8 Å². The van der Waals surface area contributed by atoms with E-state index in [0.717, 1.165) is 10.2 Å². The number of rotatable bonds is 3. The van der Waals surface area contributed by atoms with Crippen LogP contribution in [0.3, 0.4) is 0 Å². The fraction of sp³-hybridized carbons (Fsp3) is 0.357. The first kappa shape index (κ1) is 13.1. The smallest absolute Gasteiger partial charge is 0.306 e. The number of hydrogen-bond acceptors (Lipinski definition) is 4. The molecule has 1 amide bonds. The summed E-state index contributed by atoms with van der Waals surface area (Å²) in [4.78, 5) is 29.1. The summed E-state index contributed by atoms with van der Waals surface area (Å²) in [5.41, 5.74) is 3.29. The lowest BCUT2D eigenvalue weighted by atomic mass is 9.86. The molecule has 1 fully saturated rings. The molecule has 2 heterocycles. The summed E-state index contributed by atoms with van der Waals surface area (Å²) >= 11 is 1.51. The number of benzene rings is 1. The zero-order valence-corrected chi connectivity index (χ0v) is 11.8. The average Bonchev–Trinajstić information content (AvgIpc) is 2.83. The van der Waals surface area contributed by atoms with Gasteiger partial charge in [-0.2, -0.15) is 0 Å². The van der Waals surface area contributed by atoms with E-state index < -0.39 is 11.9 Å². The number of nitrogens with zero attached hydrogens (tertiary/aromatic N) is 2. The van der Waals surface area contributed by atoms with Crippen LogP contribution in [0.15, 0.2) is 23.7 Å². The highest BCUT2D eigenvalue weighted by Gasteiger charge is 2.37. The lowest BCUT2D eigenvalue weighted by molar-refractivity contribution is -0.144. The molecule has 1 aliphatic rings. The number of carbonyl (C=O) groups is 2. The third-order valence-electron chi connectivity index (χ3n) is 3.87. The molecule has 2 aromatic rings. The molecule has 1 N–H and O–H groups in total. The Morgan fingerprint density at radius 2 is 2.20 bits per heavy atom. The number of carboxylic acid groups (broad SMARTS) is 1. The van der Waals surface area contributed by atoms with E-state index in [9.17, 15) is 9.59 Å². The Bertz CT molecular complexity index is 676. The lowest BCUT2D eigenvalue weighted by Gasteiger charge is -2.41. The van der Waals surface area contributed by atoms with Crippen LogP contribution in [0.4, 0.5) is 0 Å². The summed E-state index contributed by atoms with van der Waals surface area (Å²) in [6, 6.07) is 5.47. The van der Waals surface area contributed by atoms with Gasteiger partial charge in [0.2, 0.25) is 0 Å². The normalized spacial score (nSPS) is 16.9. The Hall–Kier alpha value is -1.95. The van der Waals surface area contributed by atoms with Gasteiger partial charge in [-0.25, -0.2) is 4.98 Å². The Labute approximate surface area is 119 Å². The van der Waals surface area contributed by atoms with E-state index in [0.29, 0.717) is 18.7 Å². The summed E-state index contributed by atoms with van der Waals surface area (Å²) in [7, 11) is 0. The molecule has 0 radical (unpaired) electrons. The minimum atomic E-state index is -0.798. The van der Waals surface area contributed by atoms with Crippen LogP contribution in [-0.2, 0) is 4.79 Å². The Balaban J connectivity index is 1.70. The van der Waals surface area contributed by atoms with Crippen LogP contribution in [0.5, 0.6) is 0 Å². The van der Waals surface area contributed by atoms with Crippen molar-refractivity contribution in [3.05, 3.63) is 29.3 Å². The Kier molecular flexibility index (Phi) is 3.17. The van der Waals surface area contributed by atoms with Crippen molar-refractivity contribution < 1.29 is 14.7 Å². The van der Waals surface area contributed by atoms with Crippen LogP contribution < -0.4 is 0 Å². The van der Waals surface area contributed by atoms with E-state index in [1.54, 1.807) is 23.4 Å². The Morgan fingerprint density at radius 1 is 1.45 bits per heavy atom. The maximum atomic E-state index is 12.3. The van der Waals surface area contributed by atoms with Gasteiger partial charge in [0.05, 0.1) is 21.6 Å². The van der Waals surface area contributed by atoms with E-state index in [1.165, 1.54) is 11.3 Å². The third-order valence-corrected chi connectivity index (χ3v) is 4.66. The molecule has 1 aromatic heterocycles. The molecule has 0 spiro atoms. The minimum absolute atomic E-state index is 0.0332. The quantitative estimate of drug-likeness (QED) is 0.939. The molecule has 104 valence electrons. The van der Waals surface area contributed by atoms with Gasteiger partial charge in [-0.15, -0.1) is 11.3 Å². The molecule has 6 heteroatoms. The number of likely N-dealkylation sites (tertiary alicyclic amines) is 1. The van der Waals surface area contributed by atoms with Gasteiger partial charge < -0.3 is 10.0 Å². The number of fused-ring (bicyclic) bond motifs is 1. The first-order chi connectivity index (χ1) is 9.56. The van der Waals surface area contributed by atoms with Crippen LogP contribution in [-0.4, -0.2) is 40.0 Å². The molecular formula is C14H14N2O3S. The molecule has 1 saturated heterocycles. The molecule has 5 nitrogen and oxygen atoms in total. The highest BCUT2D eigenvalue weighted by Crippen LogP contribution is 2.27. The second-order valence-electron chi connectivity index (χ2n) is 5.13. The van der Waals surface area contributed by atoms with E-state index >= 15 is 0 Å². The van der Waals surface area contributed by atoms with Crippen molar-refractivity contribution in [2.75, 3.05) is 13.1 Å². The molecule has 1 aromatic carbocycles. The molecular weight excluding hydrogens is 276 g/mol. The maximum Gasteiger partial charge on any atom is 0.306 e. The van der Waals surface area contributed by atoms with Gasteiger partial charge in [0.15, 0.2) is 0 Å². The number of carbonyl (C=O) groups excluding carboxylic acids is 1. The average molecular weight is 290 g/mol. The third kappa shape index (κ3) is 2.16. The number of aromatic nitrogens is 1. The predicted molar refractivity (Wildman–Crippen MR) is 75.8 cm³/mol. The van der Waals surface area contributed by atoms with Crippen molar-refractivity contribution in [3.63, 3.8) is 0 Å². The van der Waals surface area contributed by atoms with Gasteiger partial charge in [0, 0.05) is 24.6 Å². The van der Waals surface area contributed by atoms with Gasteiger partial charge in [-0.1, -0.05) is 6.92 Å². The SMILES string of the molecule is CC(C(=O)O)C1CN(C(=O)c2ccc3ncsc3c2)C1. The molecule has 3 rings (SSSR count). The number of amides is 1. The lowest BCUT2D eigenvalue weighted by Crippen LogP contribution is -2.53. The zero-order chi connectivity index (χ0) is 14.3. The molecule has 20 heavy (non-hydrogen) atoms. The van der Waals surface area contributed by atoms with Crippen molar-refractivity contribution in [1.29, 1.82) is 0 Å². The highest BCUT2D eigenvalue weighted by atomic mass is 32.1. The van der Waals surface area contributed by atoms with Crippen LogP contribution >= 0.6 is 11.3 Å². The van der Waals surface area contributed by atoms with Crippen LogP contribution in [0, 0.1) is 11.8 Å². The number of aliphatic carboxylic acids is 1. The van der Waals surface area contributed by atoms with Crippen LogP contribution in [0.2, 0.25) is 0 Å². The van der Waals surface area contributed by atoms with Crippen molar-refractivity contribution in [2.45, 2.75) is 6.92 Å². The van der Waals surface area contributed by atoms with Gasteiger partial charge in [0.1, 0.15) is 0 Å². The summed E-state index contributed by atoms with van der Waals surface area (Å²) < 4.78 is 0.992. The standard InChI is InChI=1S/C14H14N2O3S/c1-8(14(18)19)10-5-16(6-10)13(17)9-2-3-11-12(4-9)20-7-15-11/h2-4,7-8,10H,5-6H2,1H3,(H,18,19). The molecule has 1 aliphatic heterocycles. The van der Waals surface area contributed by atoms with Crippen molar-refractivity contribution >= 4 is 33.4 Å². The predicted octanol–water partition coefficient (Wildman–Crippen LogP) is 2.09. The van der Waals surface area contributed by atoms with Crippen molar-refractivity contribution in [1.82, 2.24) is 9.88 Å². The summed E-state index contributed by atoms with van der Waals surface area (Å²) in [6.45, 7) is 2.73. The molecule has 1 atom stereocenters. The molecule has 0 bridgehead atoms. The van der Waals surface area contributed by atoms with E-state index in [4.69, 9.17) is 5.11 Å². The molecule has 1 unspecified atom stereocenters. The monoisotopic (exact) mass is 290 g/mol. The fourth-order valence-electron chi connectivity index (χ4n) is 2.37. The van der Waals surface area contributed by atoms with Gasteiger partial charge >= 0.3 is 5.97 Å². The first-order valence-electron chi connectivity index (χ1n) is 6.41. The topological polar surface area (TPSA) is 70.5 Å². The zero-order valence-electron chi connectivity index (χ0n) is 10.9. The van der Waals surface area contributed by atoms with E-state index in [1.807, 2.05) is 12.1 Å². The van der Waals surface area contributed by atoms with Crippen LogP contribution in [0.25, 0.3) is 10.2 Å². The largest absolute Gasteiger partial charge is 0.481 e. The van der Waals surface area contributed by atoms with Gasteiger partial charge in [-0.05, 0) is 18.2 Å². The first-order valence-corrected chi connectivity index (χ1v) is 7.29. The van der Waals surface area contributed by atoms with E-state index in [2.05, 4.69) is 4.98 Å². The van der Waals surface area contributed by atoms with Crippen LogP contribution in [0.1, 0.15) is 17.3 Å². The van der Waals surface area contributed by atoms with Gasteiger partial charge in [0.25, 0.3) is 5.91 Å². The second-order valence-corrected chi connectivity index (χ2v) is 6.02. The molecule has 0 saturated carbocycles. The van der Waals surface area contributed by atoms with Gasteiger partial charge in [-0.3, -0.25) is 9.59 Å². The molecule has 0 aliphatic carbocycles. The summed E-state index contributed by atoms with van der Waals surface area (Å²) in [5, 5.41) is 8.94. The summed E-state index contributed by atoms with van der Waals surface area (Å²) in [6.07, 6.45) is 0. The Morgan fingerprint density at radius 3 is 2.90 bits per heavy atom.